The van der Waals surface area contributed by atoms with Crippen LogP contribution in [0.4, 0.5) is 5.69 Å². The van der Waals surface area contributed by atoms with E-state index in [2.05, 4.69) is 20.9 Å². The monoisotopic (exact) mass is 248 g/mol. The van der Waals surface area contributed by atoms with Gasteiger partial charge in [-0.1, -0.05) is 30.3 Å². The van der Waals surface area contributed by atoms with Crippen LogP contribution in [0.2, 0.25) is 0 Å². The highest BCUT2D eigenvalue weighted by Crippen LogP contribution is 2.26. The molecule has 2 aromatic rings. The molecule has 0 unspecified atom stereocenters. The average Bonchev–Trinajstić information content (AvgIpc) is 2.19. The Morgan fingerprint density at radius 2 is 1.86 bits per heavy atom. The van der Waals surface area contributed by atoms with E-state index in [1.807, 2.05) is 36.4 Å². The first-order valence-electron chi connectivity index (χ1n) is 4.24. The minimum atomic E-state index is 0.663. The second-order valence-corrected chi connectivity index (χ2v) is 3.82. The molecular formula is C11H9BrN2. The Balaban J connectivity index is 2.53. The smallest absolute Gasteiger partial charge is 0.0845 e. The quantitative estimate of drug-likeness (QED) is 0.843. The van der Waals surface area contributed by atoms with Gasteiger partial charge in [-0.25, -0.2) is 0 Å². The van der Waals surface area contributed by atoms with E-state index >= 15 is 0 Å². The van der Waals surface area contributed by atoms with Gasteiger partial charge in [0, 0.05) is 10.0 Å². The maximum absolute atomic E-state index is 5.61. The van der Waals surface area contributed by atoms with Crippen LogP contribution in [0.25, 0.3) is 11.3 Å². The van der Waals surface area contributed by atoms with Crippen molar-refractivity contribution >= 4 is 21.6 Å². The Kier molecular flexibility index (Phi) is 2.50. The molecule has 0 atom stereocenters. The number of pyridine rings is 1. The zero-order valence-electron chi connectivity index (χ0n) is 7.44. The second kappa shape index (κ2) is 3.80. The van der Waals surface area contributed by atoms with Crippen molar-refractivity contribution in [1.82, 2.24) is 4.98 Å². The molecule has 1 heterocycles. The van der Waals surface area contributed by atoms with Gasteiger partial charge in [0.15, 0.2) is 0 Å². The second-order valence-electron chi connectivity index (χ2n) is 2.97. The van der Waals surface area contributed by atoms with Gasteiger partial charge in [0.1, 0.15) is 0 Å². The van der Waals surface area contributed by atoms with Crippen LogP contribution in [0, 0.1) is 0 Å². The molecule has 0 saturated carbocycles. The summed E-state index contributed by atoms with van der Waals surface area (Å²) in [6.45, 7) is 0. The van der Waals surface area contributed by atoms with Crippen molar-refractivity contribution in [1.29, 1.82) is 0 Å². The predicted molar refractivity (Wildman–Crippen MR) is 61.8 cm³/mol. The van der Waals surface area contributed by atoms with Crippen LogP contribution in [0.1, 0.15) is 0 Å². The minimum absolute atomic E-state index is 0.663. The highest BCUT2D eigenvalue weighted by molar-refractivity contribution is 9.10. The van der Waals surface area contributed by atoms with Crippen molar-refractivity contribution in [2.24, 2.45) is 0 Å². The van der Waals surface area contributed by atoms with Crippen LogP contribution >= 0.6 is 15.9 Å². The zero-order valence-corrected chi connectivity index (χ0v) is 9.03. The molecule has 0 fully saturated rings. The van der Waals surface area contributed by atoms with Crippen molar-refractivity contribution in [3.05, 3.63) is 47.1 Å². The van der Waals surface area contributed by atoms with Gasteiger partial charge in [-0.05, 0) is 22.0 Å². The molecule has 2 rings (SSSR count). The number of rotatable bonds is 1. The van der Waals surface area contributed by atoms with E-state index in [9.17, 15) is 0 Å². The van der Waals surface area contributed by atoms with Gasteiger partial charge < -0.3 is 5.73 Å². The van der Waals surface area contributed by atoms with Gasteiger partial charge in [0.05, 0.1) is 17.6 Å². The molecule has 1 aromatic heterocycles. The molecule has 0 spiro atoms. The van der Waals surface area contributed by atoms with E-state index in [4.69, 9.17) is 5.73 Å². The number of nitrogens with two attached hydrogens (primary N) is 1. The molecule has 0 saturated heterocycles. The van der Waals surface area contributed by atoms with Gasteiger partial charge in [-0.15, -0.1) is 0 Å². The third kappa shape index (κ3) is 1.77. The lowest BCUT2D eigenvalue weighted by Crippen LogP contribution is -1.89. The fourth-order valence-corrected chi connectivity index (χ4v) is 1.86. The fraction of sp³-hybridized carbons (Fsp3) is 0. The molecule has 0 radical (unpaired) electrons. The third-order valence-corrected chi connectivity index (χ3v) is 2.51. The van der Waals surface area contributed by atoms with Gasteiger partial charge in [-0.3, -0.25) is 4.98 Å². The van der Waals surface area contributed by atoms with E-state index in [0.29, 0.717) is 5.69 Å². The van der Waals surface area contributed by atoms with Crippen LogP contribution in [0.15, 0.2) is 47.1 Å². The number of nitrogens with zero attached hydrogens (tertiary/aromatic N) is 1. The standard InChI is InChI=1S/C11H9BrN2/c12-10-6-9(13)7-14-11(10)8-4-2-1-3-5-8/h1-7H,13H2. The van der Waals surface area contributed by atoms with Gasteiger partial charge in [-0.2, -0.15) is 0 Å². The molecule has 0 amide bonds. The highest BCUT2D eigenvalue weighted by Gasteiger charge is 2.03. The minimum Gasteiger partial charge on any atom is -0.397 e. The molecule has 0 aliphatic rings. The van der Waals surface area contributed by atoms with Crippen LogP contribution in [-0.2, 0) is 0 Å². The number of anilines is 1. The summed E-state index contributed by atoms with van der Waals surface area (Å²) >= 11 is 3.44. The van der Waals surface area contributed by atoms with Crippen LogP contribution in [0.5, 0.6) is 0 Å². The highest BCUT2D eigenvalue weighted by atomic mass is 79.9. The van der Waals surface area contributed by atoms with Crippen molar-refractivity contribution in [3.63, 3.8) is 0 Å². The largest absolute Gasteiger partial charge is 0.397 e. The Hall–Kier alpha value is -1.35. The topological polar surface area (TPSA) is 38.9 Å². The van der Waals surface area contributed by atoms with Crippen LogP contribution in [-0.4, -0.2) is 4.98 Å². The number of halogens is 1. The molecular weight excluding hydrogens is 240 g/mol. The van der Waals surface area contributed by atoms with Crippen molar-refractivity contribution in [3.8, 4) is 11.3 Å². The van der Waals surface area contributed by atoms with E-state index in [0.717, 1.165) is 15.7 Å². The Labute approximate surface area is 90.9 Å². The van der Waals surface area contributed by atoms with E-state index in [-0.39, 0.29) is 0 Å². The molecule has 3 heteroatoms. The molecule has 2 N–H and O–H groups in total. The van der Waals surface area contributed by atoms with E-state index < -0.39 is 0 Å². The SMILES string of the molecule is Nc1cnc(-c2ccccc2)c(Br)c1. The van der Waals surface area contributed by atoms with E-state index in [1.54, 1.807) is 6.20 Å². The lowest BCUT2D eigenvalue weighted by Gasteiger charge is -2.03. The van der Waals surface area contributed by atoms with Gasteiger partial charge >= 0.3 is 0 Å². The summed E-state index contributed by atoms with van der Waals surface area (Å²) in [5, 5.41) is 0. The Morgan fingerprint density at radius 3 is 2.50 bits per heavy atom. The zero-order chi connectivity index (χ0) is 9.97. The lowest BCUT2D eigenvalue weighted by molar-refractivity contribution is 1.31. The molecule has 1 aromatic carbocycles. The molecule has 70 valence electrons. The molecule has 14 heavy (non-hydrogen) atoms. The Bertz CT molecular complexity index is 440. The first-order chi connectivity index (χ1) is 6.77. The summed E-state index contributed by atoms with van der Waals surface area (Å²) in [4.78, 5) is 4.28. The van der Waals surface area contributed by atoms with Crippen molar-refractivity contribution in [2.45, 2.75) is 0 Å². The summed E-state index contributed by atoms with van der Waals surface area (Å²) in [6.07, 6.45) is 1.66. The average molecular weight is 249 g/mol. The van der Waals surface area contributed by atoms with Crippen molar-refractivity contribution < 1.29 is 0 Å². The predicted octanol–water partition coefficient (Wildman–Crippen LogP) is 3.09. The van der Waals surface area contributed by atoms with Crippen molar-refractivity contribution in [2.75, 3.05) is 5.73 Å². The molecule has 0 aliphatic heterocycles. The maximum Gasteiger partial charge on any atom is 0.0845 e. The number of aromatic nitrogens is 1. The first-order valence-corrected chi connectivity index (χ1v) is 5.03. The lowest BCUT2D eigenvalue weighted by atomic mass is 10.1. The summed E-state index contributed by atoms with van der Waals surface area (Å²) in [7, 11) is 0. The summed E-state index contributed by atoms with van der Waals surface area (Å²) in [6, 6.07) is 11.8. The number of nitrogen functional groups attached to an aromatic ring is 1. The number of hydrogen-bond acceptors (Lipinski definition) is 2. The molecule has 0 bridgehead atoms. The van der Waals surface area contributed by atoms with Crippen LogP contribution in [0.3, 0.4) is 0 Å². The third-order valence-electron chi connectivity index (χ3n) is 1.91. The summed E-state index contributed by atoms with van der Waals surface area (Å²) in [5.74, 6) is 0. The maximum atomic E-state index is 5.61. The number of hydrogen-bond donors (Lipinski definition) is 1. The van der Waals surface area contributed by atoms with Crippen LogP contribution < -0.4 is 5.73 Å². The summed E-state index contributed by atoms with van der Waals surface area (Å²) in [5.41, 5.74) is 8.28. The molecule has 2 nitrogen and oxygen atoms in total. The molecule has 0 aliphatic carbocycles. The normalized spacial score (nSPS) is 10.1. The first kappa shape index (κ1) is 9.21. The van der Waals surface area contributed by atoms with Gasteiger partial charge in [0.25, 0.3) is 0 Å². The summed E-state index contributed by atoms with van der Waals surface area (Å²) < 4.78 is 0.920. The Morgan fingerprint density at radius 1 is 1.14 bits per heavy atom. The van der Waals surface area contributed by atoms with Gasteiger partial charge in [0.2, 0.25) is 0 Å². The van der Waals surface area contributed by atoms with E-state index in [1.165, 1.54) is 0 Å². The number of benzene rings is 1. The fourth-order valence-electron chi connectivity index (χ4n) is 1.26.